The average molecular weight is 461 g/mol. The number of anilines is 1. The van der Waals surface area contributed by atoms with Crippen LogP contribution < -0.4 is 26.4 Å². The van der Waals surface area contributed by atoms with E-state index in [0.717, 1.165) is 14.7 Å². The van der Waals surface area contributed by atoms with Gasteiger partial charge in [-0.2, -0.15) is 9.78 Å². The molecule has 29 heavy (non-hydrogen) atoms. The van der Waals surface area contributed by atoms with Crippen molar-refractivity contribution in [1.82, 2.24) is 15.1 Å². The second-order valence-corrected chi connectivity index (χ2v) is 7.33. The quantitative estimate of drug-likeness (QED) is 0.592. The third-order valence-electron chi connectivity index (χ3n) is 4.29. The monoisotopic (exact) mass is 460 g/mol. The predicted molar refractivity (Wildman–Crippen MR) is 112 cm³/mol. The maximum absolute atomic E-state index is 12.8. The molecule has 9 nitrogen and oxygen atoms in total. The van der Waals surface area contributed by atoms with Gasteiger partial charge >= 0.3 is 6.03 Å². The molecule has 0 spiro atoms. The van der Waals surface area contributed by atoms with Crippen LogP contribution in [-0.4, -0.2) is 41.4 Å². The molecule has 0 bridgehead atoms. The van der Waals surface area contributed by atoms with Crippen molar-refractivity contribution in [3.8, 4) is 5.75 Å². The minimum absolute atomic E-state index is 0.0127. The molecule has 0 radical (unpaired) electrons. The van der Waals surface area contributed by atoms with E-state index in [0.29, 0.717) is 23.6 Å². The number of ether oxygens (including phenoxy) is 1. The Kier molecular flexibility index (Phi) is 6.23. The minimum Gasteiger partial charge on any atom is -0.489 e. The molecule has 0 fully saturated rings. The van der Waals surface area contributed by atoms with E-state index in [1.807, 2.05) is 6.07 Å². The Morgan fingerprint density at radius 1 is 1.48 bits per heavy atom. The van der Waals surface area contributed by atoms with Crippen LogP contribution in [0.2, 0.25) is 0 Å². The molecule has 2 aromatic rings. The second kappa shape index (κ2) is 8.82. The van der Waals surface area contributed by atoms with Gasteiger partial charge in [-0.05, 0) is 42.1 Å². The van der Waals surface area contributed by atoms with Gasteiger partial charge in [0.2, 0.25) is 0 Å². The summed E-state index contributed by atoms with van der Waals surface area (Å²) in [7, 11) is 1.64. The van der Waals surface area contributed by atoms with Crippen molar-refractivity contribution in [2.45, 2.75) is 12.5 Å². The van der Waals surface area contributed by atoms with Crippen LogP contribution in [0.5, 0.6) is 5.75 Å². The van der Waals surface area contributed by atoms with E-state index in [2.05, 4.69) is 26.3 Å². The molecule has 2 heterocycles. The van der Waals surface area contributed by atoms with Crippen molar-refractivity contribution >= 4 is 33.6 Å². The summed E-state index contributed by atoms with van der Waals surface area (Å²) in [6.45, 7) is 0.0127. The number of halogens is 1. The largest absolute Gasteiger partial charge is 0.489 e. The number of fused-ring (bicyclic) bond motifs is 1. The first-order chi connectivity index (χ1) is 13.9. The SMILES string of the molecule is CN1C(=O)C(NC(=O)n2cc(C/C(N)=C/C=C\N)cn2)COc2ccc(Br)cc21. The van der Waals surface area contributed by atoms with Gasteiger partial charge in [-0.3, -0.25) is 4.79 Å². The molecule has 1 unspecified atom stereocenters. The van der Waals surface area contributed by atoms with E-state index in [1.165, 1.54) is 17.3 Å². The van der Waals surface area contributed by atoms with E-state index < -0.39 is 12.1 Å². The van der Waals surface area contributed by atoms with E-state index in [4.69, 9.17) is 16.2 Å². The number of aromatic nitrogens is 2. The summed E-state index contributed by atoms with van der Waals surface area (Å²) in [5.74, 6) is 0.277. The number of carbonyl (C=O) groups excluding carboxylic acids is 2. The summed E-state index contributed by atoms with van der Waals surface area (Å²) >= 11 is 3.38. The van der Waals surface area contributed by atoms with Crippen molar-refractivity contribution < 1.29 is 14.3 Å². The zero-order valence-corrected chi connectivity index (χ0v) is 17.3. The Balaban J connectivity index is 1.69. The standard InChI is InChI=1S/C19H21BrN6O3/c1-25-16-8-13(20)4-5-17(16)29-11-15(18(25)27)24-19(28)26-10-12(9-23-26)7-14(22)3-2-6-21/h2-6,8-10,15H,7,11,21-22H2,1H3,(H,24,28)/b6-2-,14-3-. The zero-order valence-electron chi connectivity index (χ0n) is 15.7. The number of likely N-dealkylation sites (N-methyl/N-ethyl adjacent to an activating group) is 1. The smallest absolute Gasteiger partial charge is 0.342 e. The van der Waals surface area contributed by atoms with Crippen molar-refractivity contribution in [2.24, 2.45) is 11.5 Å². The molecule has 1 aliphatic rings. The van der Waals surface area contributed by atoms with E-state index >= 15 is 0 Å². The number of carbonyl (C=O) groups is 2. The summed E-state index contributed by atoms with van der Waals surface area (Å²) in [6, 6.07) is 3.99. The molecule has 5 N–H and O–H groups in total. The van der Waals surface area contributed by atoms with Gasteiger partial charge in [-0.25, -0.2) is 4.79 Å². The maximum Gasteiger partial charge on any atom is 0.342 e. The van der Waals surface area contributed by atoms with Crippen LogP contribution in [0, 0.1) is 0 Å². The lowest BCUT2D eigenvalue weighted by molar-refractivity contribution is -0.120. The number of rotatable bonds is 4. The van der Waals surface area contributed by atoms with Crippen molar-refractivity contribution in [3.05, 3.63) is 64.7 Å². The highest BCUT2D eigenvalue weighted by Gasteiger charge is 2.31. The molecular formula is C19H21BrN6O3. The number of benzene rings is 1. The van der Waals surface area contributed by atoms with Crippen LogP contribution in [0.3, 0.4) is 0 Å². The maximum atomic E-state index is 12.8. The Hall–Kier alpha value is -3.27. The molecular weight excluding hydrogens is 440 g/mol. The van der Waals surface area contributed by atoms with E-state index in [9.17, 15) is 9.59 Å². The average Bonchev–Trinajstić information content (AvgIpc) is 3.13. The lowest BCUT2D eigenvalue weighted by atomic mass is 10.2. The number of nitrogens with zero attached hydrogens (tertiary/aromatic N) is 3. The van der Waals surface area contributed by atoms with Gasteiger partial charge in [0.25, 0.3) is 5.91 Å². The lowest BCUT2D eigenvalue weighted by Crippen LogP contribution is -2.50. The minimum atomic E-state index is -0.856. The fraction of sp³-hybridized carbons (Fsp3) is 0.211. The molecule has 1 aromatic carbocycles. The van der Waals surface area contributed by atoms with Crippen molar-refractivity contribution in [3.63, 3.8) is 0 Å². The number of amides is 2. The third kappa shape index (κ3) is 4.77. The van der Waals surface area contributed by atoms with Crippen LogP contribution >= 0.6 is 15.9 Å². The molecule has 1 aliphatic heterocycles. The summed E-state index contributed by atoms with van der Waals surface area (Å²) in [5, 5.41) is 6.71. The highest BCUT2D eigenvalue weighted by Crippen LogP contribution is 2.33. The number of nitrogens with two attached hydrogens (primary N) is 2. The Labute approximate surface area is 176 Å². The van der Waals surface area contributed by atoms with Gasteiger partial charge in [0.1, 0.15) is 18.4 Å². The second-order valence-electron chi connectivity index (χ2n) is 6.42. The van der Waals surface area contributed by atoms with Crippen LogP contribution in [0.4, 0.5) is 10.5 Å². The van der Waals surface area contributed by atoms with Crippen LogP contribution in [0.15, 0.2) is 59.1 Å². The van der Waals surface area contributed by atoms with Crippen LogP contribution in [0.1, 0.15) is 5.56 Å². The predicted octanol–water partition coefficient (Wildman–Crippen LogP) is 1.48. The molecule has 0 saturated carbocycles. The zero-order chi connectivity index (χ0) is 21.0. The molecule has 2 amide bonds. The summed E-state index contributed by atoms with van der Waals surface area (Å²) in [4.78, 5) is 26.8. The number of hydrogen-bond acceptors (Lipinski definition) is 6. The number of allylic oxidation sites excluding steroid dienone is 3. The van der Waals surface area contributed by atoms with Crippen molar-refractivity contribution in [2.75, 3.05) is 18.6 Å². The molecule has 0 aliphatic carbocycles. The molecule has 1 aromatic heterocycles. The first kappa shape index (κ1) is 20.5. The Bertz CT molecular complexity index is 984. The Morgan fingerprint density at radius 3 is 3.03 bits per heavy atom. The molecule has 10 heteroatoms. The number of nitrogens with one attached hydrogen (secondary N) is 1. The number of hydrogen-bond donors (Lipinski definition) is 3. The van der Waals surface area contributed by atoms with Gasteiger partial charge in [-0.1, -0.05) is 15.9 Å². The van der Waals surface area contributed by atoms with Gasteiger partial charge in [-0.15, -0.1) is 0 Å². The van der Waals surface area contributed by atoms with Gasteiger partial charge in [0.05, 0.1) is 11.9 Å². The summed E-state index contributed by atoms with van der Waals surface area (Å²) < 4.78 is 7.67. The van der Waals surface area contributed by atoms with Gasteiger partial charge in [0.15, 0.2) is 0 Å². The van der Waals surface area contributed by atoms with E-state index in [-0.39, 0.29) is 12.5 Å². The lowest BCUT2D eigenvalue weighted by Gasteiger charge is -2.20. The molecule has 3 rings (SSSR count). The highest BCUT2D eigenvalue weighted by molar-refractivity contribution is 9.10. The molecule has 1 atom stereocenters. The first-order valence-electron chi connectivity index (χ1n) is 8.76. The first-order valence-corrected chi connectivity index (χ1v) is 9.55. The molecule has 152 valence electrons. The van der Waals surface area contributed by atoms with Crippen LogP contribution in [0.25, 0.3) is 0 Å². The summed E-state index contributed by atoms with van der Waals surface area (Å²) in [5.41, 5.74) is 13.1. The fourth-order valence-corrected chi connectivity index (χ4v) is 3.18. The Morgan fingerprint density at radius 2 is 2.28 bits per heavy atom. The van der Waals surface area contributed by atoms with Gasteiger partial charge in [0, 0.05) is 29.8 Å². The van der Waals surface area contributed by atoms with Gasteiger partial charge < -0.3 is 26.4 Å². The van der Waals surface area contributed by atoms with Crippen LogP contribution in [-0.2, 0) is 11.2 Å². The van der Waals surface area contributed by atoms with E-state index in [1.54, 1.807) is 37.5 Å². The molecule has 0 saturated heterocycles. The topological polar surface area (TPSA) is 128 Å². The highest BCUT2D eigenvalue weighted by atomic mass is 79.9. The third-order valence-corrected chi connectivity index (χ3v) is 4.78. The summed E-state index contributed by atoms with van der Waals surface area (Å²) in [6.07, 6.45) is 8.18. The fourth-order valence-electron chi connectivity index (χ4n) is 2.83. The van der Waals surface area contributed by atoms with Crippen molar-refractivity contribution in [1.29, 1.82) is 0 Å². The normalized spacial score (nSPS) is 17.0.